The van der Waals surface area contributed by atoms with Crippen molar-refractivity contribution in [1.82, 2.24) is 9.97 Å². The molecule has 1 aliphatic rings. The van der Waals surface area contributed by atoms with Gasteiger partial charge >= 0.3 is 0 Å². The van der Waals surface area contributed by atoms with E-state index in [4.69, 9.17) is 0 Å². The summed E-state index contributed by atoms with van der Waals surface area (Å²) in [5, 5.41) is 16.3. The van der Waals surface area contributed by atoms with Crippen molar-refractivity contribution in [3.05, 3.63) is 11.8 Å². The van der Waals surface area contributed by atoms with Crippen molar-refractivity contribution in [3.63, 3.8) is 0 Å². The molecule has 0 unspecified atom stereocenters. The first-order valence-electron chi connectivity index (χ1n) is 8.18. The van der Waals surface area contributed by atoms with Gasteiger partial charge in [-0.25, -0.2) is 4.98 Å². The highest BCUT2D eigenvalue weighted by Gasteiger charge is 2.19. The first-order valence-corrected chi connectivity index (χ1v) is 8.18. The van der Waals surface area contributed by atoms with Crippen LogP contribution in [0.4, 0.5) is 11.8 Å². The molecule has 118 valence electrons. The molecule has 1 heterocycles. The monoisotopic (exact) mass is 292 g/mol. The molecule has 1 saturated carbocycles. The Morgan fingerprint density at radius 3 is 2.71 bits per heavy atom. The van der Waals surface area contributed by atoms with E-state index in [9.17, 15) is 5.11 Å². The number of anilines is 2. The summed E-state index contributed by atoms with van der Waals surface area (Å²) in [7, 11) is 0. The van der Waals surface area contributed by atoms with Crippen molar-refractivity contribution in [2.75, 3.05) is 23.7 Å². The molecule has 21 heavy (non-hydrogen) atoms. The zero-order chi connectivity index (χ0) is 15.1. The van der Waals surface area contributed by atoms with Crippen LogP contribution in [-0.4, -0.2) is 34.3 Å². The fourth-order valence-electron chi connectivity index (χ4n) is 2.67. The molecule has 0 atom stereocenters. The minimum Gasteiger partial charge on any atom is -0.393 e. The van der Waals surface area contributed by atoms with E-state index in [0.717, 1.165) is 63.0 Å². The van der Waals surface area contributed by atoms with Gasteiger partial charge < -0.3 is 15.7 Å². The molecule has 0 aromatic carbocycles. The third-order valence-corrected chi connectivity index (χ3v) is 4.16. The summed E-state index contributed by atoms with van der Waals surface area (Å²) in [6.45, 7) is 6.05. The average Bonchev–Trinajstić information content (AvgIpc) is 2.49. The lowest BCUT2D eigenvalue weighted by molar-refractivity contribution is 0.111. The molecule has 0 radical (unpaired) electrons. The minimum atomic E-state index is -0.0867. The molecule has 0 bridgehead atoms. The van der Waals surface area contributed by atoms with Crippen molar-refractivity contribution in [1.29, 1.82) is 0 Å². The van der Waals surface area contributed by atoms with Crippen molar-refractivity contribution < 1.29 is 5.11 Å². The predicted molar refractivity (Wildman–Crippen MR) is 86.6 cm³/mol. The molecule has 1 aromatic rings. The molecule has 1 aromatic heterocycles. The fourth-order valence-corrected chi connectivity index (χ4v) is 2.67. The number of aliphatic hydroxyl groups excluding tert-OH is 1. The Kier molecular flexibility index (Phi) is 6.23. The lowest BCUT2D eigenvalue weighted by Gasteiger charge is -2.25. The Morgan fingerprint density at radius 1 is 1.24 bits per heavy atom. The van der Waals surface area contributed by atoms with Gasteiger partial charge in [-0.05, 0) is 44.9 Å². The summed E-state index contributed by atoms with van der Waals surface area (Å²) in [4.78, 5) is 8.88. The molecule has 3 N–H and O–H groups in total. The maximum atomic E-state index is 9.55. The minimum absolute atomic E-state index is 0.0867. The number of aromatic nitrogens is 2. The van der Waals surface area contributed by atoms with Crippen molar-refractivity contribution in [3.8, 4) is 0 Å². The van der Waals surface area contributed by atoms with E-state index >= 15 is 0 Å². The number of aliphatic hydroxyl groups is 1. The van der Waals surface area contributed by atoms with E-state index in [2.05, 4.69) is 27.5 Å². The number of hydrogen-bond acceptors (Lipinski definition) is 5. The second kappa shape index (κ2) is 8.17. The Bertz CT molecular complexity index is 430. The van der Waals surface area contributed by atoms with Crippen molar-refractivity contribution in [2.24, 2.45) is 5.92 Å². The second-order valence-electron chi connectivity index (χ2n) is 6.06. The highest BCUT2D eigenvalue weighted by molar-refractivity contribution is 5.46. The van der Waals surface area contributed by atoms with Crippen molar-refractivity contribution >= 4 is 11.8 Å². The quantitative estimate of drug-likeness (QED) is 0.674. The largest absolute Gasteiger partial charge is 0.393 e. The van der Waals surface area contributed by atoms with Crippen LogP contribution >= 0.6 is 0 Å². The molecule has 5 nitrogen and oxygen atoms in total. The number of nitrogens with one attached hydrogen (secondary N) is 2. The molecule has 1 fully saturated rings. The second-order valence-corrected chi connectivity index (χ2v) is 6.06. The van der Waals surface area contributed by atoms with Crippen LogP contribution < -0.4 is 10.6 Å². The Morgan fingerprint density at radius 2 is 2.00 bits per heavy atom. The molecule has 0 aliphatic heterocycles. The third kappa shape index (κ3) is 5.16. The van der Waals surface area contributed by atoms with Crippen LogP contribution in [0.2, 0.25) is 0 Å². The average molecular weight is 292 g/mol. The Labute approximate surface area is 127 Å². The first kappa shape index (κ1) is 16.0. The van der Waals surface area contributed by atoms with E-state index in [-0.39, 0.29) is 6.10 Å². The lowest BCUT2D eigenvalue weighted by Crippen LogP contribution is -2.24. The zero-order valence-electron chi connectivity index (χ0n) is 13.2. The van der Waals surface area contributed by atoms with Gasteiger partial charge in [0, 0.05) is 24.8 Å². The fraction of sp³-hybridized carbons (Fsp3) is 0.750. The molecule has 5 heteroatoms. The molecule has 0 amide bonds. The number of hydrogen-bond donors (Lipinski definition) is 3. The van der Waals surface area contributed by atoms with Crippen LogP contribution in [0.25, 0.3) is 0 Å². The van der Waals surface area contributed by atoms with Crippen LogP contribution in [0.15, 0.2) is 6.20 Å². The molecule has 0 saturated heterocycles. The van der Waals surface area contributed by atoms with Crippen molar-refractivity contribution in [2.45, 2.75) is 58.5 Å². The number of unbranched alkanes of at least 4 members (excludes halogenated alkanes) is 1. The van der Waals surface area contributed by atoms with Crippen LogP contribution in [0.5, 0.6) is 0 Å². The van der Waals surface area contributed by atoms with Gasteiger partial charge in [0.1, 0.15) is 5.82 Å². The van der Waals surface area contributed by atoms with Crippen LogP contribution in [0, 0.1) is 12.8 Å². The van der Waals surface area contributed by atoms with E-state index in [1.54, 1.807) is 0 Å². The predicted octanol–water partition coefficient (Wildman–Crippen LogP) is 2.96. The van der Waals surface area contributed by atoms with Gasteiger partial charge in [-0.3, -0.25) is 0 Å². The van der Waals surface area contributed by atoms with E-state index in [1.807, 2.05) is 13.1 Å². The summed E-state index contributed by atoms with van der Waals surface area (Å²) in [5.74, 6) is 2.27. The third-order valence-electron chi connectivity index (χ3n) is 4.16. The van der Waals surface area contributed by atoms with Gasteiger partial charge in [-0.15, -0.1) is 0 Å². The van der Waals surface area contributed by atoms with Gasteiger partial charge in [-0.1, -0.05) is 13.3 Å². The summed E-state index contributed by atoms with van der Waals surface area (Å²) < 4.78 is 0. The Hall–Kier alpha value is -1.36. The molecular weight excluding hydrogens is 264 g/mol. The Balaban J connectivity index is 1.85. The van der Waals surface area contributed by atoms with Gasteiger partial charge in [0.15, 0.2) is 0 Å². The number of rotatable bonds is 7. The standard InChI is InChI=1S/C16H28N4O/c1-3-4-9-17-16-19-10-12(2)15(20-16)18-11-13-5-7-14(21)8-6-13/h10,13-14,21H,3-9,11H2,1-2H3,(H2,17,18,19,20). The summed E-state index contributed by atoms with van der Waals surface area (Å²) >= 11 is 0. The van der Waals surface area contributed by atoms with Gasteiger partial charge in [0.05, 0.1) is 6.10 Å². The van der Waals surface area contributed by atoms with Gasteiger partial charge in [0.25, 0.3) is 0 Å². The van der Waals surface area contributed by atoms with Crippen LogP contribution in [0.1, 0.15) is 51.0 Å². The summed E-state index contributed by atoms with van der Waals surface area (Å²) in [6.07, 6.45) is 8.13. The van der Waals surface area contributed by atoms with Crippen LogP contribution in [0.3, 0.4) is 0 Å². The number of aryl methyl sites for hydroxylation is 1. The normalized spacial score (nSPS) is 22.0. The topological polar surface area (TPSA) is 70.1 Å². The molecular formula is C16H28N4O. The number of nitrogens with zero attached hydrogens (tertiary/aromatic N) is 2. The molecule has 0 spiro atoms. The van der Waals surface area contributed by atoms with E-state index in [1.165, 1.54) is 0 Å². The maximum absolute atomic E-state index is 9.55. The van der Waals surface area contributed by atoms with E-state index < -0.39 is 0 Å². The SMILES string of the molecule is CCCCNc1ncc(C)c(NCC2CCC(O)CC2)n1. The lowest BCUT2D eigenvalue weighted by atomic mass is 9.87. The summed E-state index contributed by atoms with van der Waals surface area (Å²) in [5.41, 5.74) is 1.08. The maximum Gasteiger partial charge on any atom is 0.224 e. The van der Waals surface area contributed by atoms with E-state index in [0.29, 0.717) is 11.9 Å². The smallest absolute Gasteiger partial charge is 0.224 e. The van der Waals surface area contributed by atoms with Crippen LogP contribution in [-0.2, 0) is 0 Å². The molecule has 1 aliphatic carbocycles. The highest BCUT2D eigenvalue weighted by atomic mass is 16.3. The molecule has 2 rings (SSSR count). The van der Waals surface area contributed by atoms with Gasteiger partial charge in [0.2, 0.25) is 5.95 Å². The zero-order valence-corrected chi connectivity index (χ0v) is 13.2. The van der Waals surface area contributed by atoms with Gasteiger partial charge in [-0.2, -0.15) is 4.98 Å². The summed E-state index contributed by atoms with van der Waals surface area (Å²) in [6, 6.07) is 0. The first-order chi connectivity index (χ1) is 10.2. The highest BCUT2D eigenvalue weighted by Crippen LogP contribution is 2.24.